The highest BCUT2D eigenvalue weighted by molar-refractivity contribution is 5.76. The van der Waals surface area contributed by atoms with Crippen molar-refractivity contribution in [2.24, 2.45) is 5.73 Å². The van der Waals surface area contributed by atoms with Crippen LogP contribution >= 0.6 is 0 Å². The van der Waals surface area contributed by atoms with Crippen LogP contribution in [0.15, 0.2) is 121 Å². The number of carbonyl (C=O) groups is 1. The molecule has 0 heterocycles. The summed E-state index contributed by atoms with van der Waals surface area (Å²) in [5, 5.41) is 3.29. The molecule has 3 N–H and O–H groups in total. The highest BCUT2D eigenvalue weighted by Gasteiger charge is 2.53. The fraction of sp³-hybridized carbons (Fsp3) is 0.405. The zero-order valence-corrected chi connectivity index (χ0v) is 28.7. The van der Waals surface area contributed by atoms with E-state index in [1.165, 1.54) is 6.42 Å². The van der Waals surface area contributed by atoms with Gasteiger partial charge in [0.1, 0.15) is 24.4 Å². The van der Waals surface area contributed by atoms with Gasteiger partial charge in [-0.05, 0) is 28.7 Å². The third kappa shape index (κ3) is 11.3. The molecule has 1 aliphatic carbocycles. The zero-order chi connectivity index (χ0) is 34.1. The van der Waals surface area contributed by atoms with Gasteiger partial charge in [0.25, 0.3) is 0 Å². The van der Waals surface area contributed by atoms with Gasteiger partial charge in [-0.3, -0.25) is 4.79 Å². The quantitative estimate of drug-likeness (QED) is 0.101. The molecule has 7 heteroatoms. The van der Waals surface area contributed by atoms with E-state index in [4.69, 9.17) is 24.7 Å². The first-order chi connectivity index (χ1) is 24.1. The van der Waals surface area contributed by atoms with Gasteiger partial charge in [0.15, 0.2) is 0 Å². The number of ether oxygens (including phenoxy) is 4. The maximum absolute atomic E-state index is 13.5. The Labute approximate surface area is 292 Å². The van der Waals surface area contributed by atoms with Gasteiger partial charge >= 0.3 is 0 Å². The van der Waals surface area contributed by atoms with E-state index < -0.39 is 36.5 Å². The van der Waals surface area contributed by atoms with Crippen LogP contribution in [0.3, 0.4) is 0 Å². The van der Waals surface area contributed by atoms with Gasteiger partial charge in [0.05, 0.1) is 38.5 Å². The normalized spacial score (nSPS) is 22.1. The predicted molar refractivity (Wildman–Crippen MR) is 193 cm³/mol. The molecular formula is C42H52N2O5. The lowest BCUT2D eigenvalue weighted by Gasteiger charge is -2.49. The van der Waals surface area contributed by atoms with Gasteiger partial charge in [-0.15, -0.1) is 0 Å². The molecule has 1 amide bonds. The lowest BCUT2D eigenvalue weighted by molar-refractivity contribution is -0.226. The number of nitrogens with one attached hydrogen (secondary N) is 1. The Morgan fingerprint density at radius 1 is 0.531 bits per heavy atom. The molecule has 0 saturated heterocycles. The second kappa shape index (κ2) is 20.0. The molecule has 1 aliphatic rings. The molecule has 0 unspecified atom stereocenters. The summed E-state index contributed by atoms with van der Waals surface area (Å²) in [4.78, 5) is 13.5. The van der Waals surface area contributed by atoms with E-state index in [1.54, 1.807) is 0 Å². The lowest BCUT2D eigenvalue weighted by Crippen LogP contribution is -2.72. The molecule has 0 radical (unpaired) electrons. The molecule has 1 saturated carbocycles. The number of amides is 1. The third-order valence-corrected chi connectivity index (χ3v) is 9.10. The highest BCUT2D eigenvalue weighted by atomic mass is 16.6. The minimum absolute atomic E-state index is 0.0440. The molecule has 260 valence electrons. The van der Waals surface area contributed by atoms with Crippen LogP contribution in [0.4, 0.5) is 0 Å². The summed E-state index contributed by atoms with van der Waals surface area (Å²) in [6, 6.07) is 39.0. The van der Waals surface area contributed by atoms with E-state index in [9.17, 15) is 4.79 Å². The Balaban J connectivity index is 1.47. The number of unbranched alkanes of at least 4 members (excludes halogenated alkanes) is 4. The fourth-order valence-corrected chi connectivity index (χ4v) is 6.40. The summed E-state index contributed by atoms with van der Waals surface area (Å²) in [5.74, 6) is -0.0440. The molecule has 0 aliphatic heterocycles. The van der Waals surface area contributed by atoms with Crippen LogP contribution in [0.5, 0.6) is 0 Å². The number of hydrogen-bond acceptors (Lipinski definition) is 6. The summed E-state index contributed by atoms with van der Waals surface area (Å²) < 4.78 is 27.0. The maximum atomic E-state index is 13.5. The van der Waals surface area contributed by atoms with Crippen LogP contribution in [0, 0.1) is 0 Å². The minimum Gasteiger partial charge on any atom is -0.369 e. The van der Waals surface area contributed by atoms with Crippen molar-refractivity contribution in [2.45, 2.75) is 108 Å². The molecule has 6 atom stereocenters. The SMILES string of the molecule is CCCCCCCC(=O)N[C@@H]1[C@H](N)[C@H](OCc2ccccc2)[C@@H](OCc2ccccc2)[C@H](OCc2ccccc2)[C@H]1OCc1ccccc1. The van der Waals surface area contributed by atoms with Crippen molar-refractivity contribution in [3.8, 4) is 0 Å². The summed E-state index contributed by atoms with van der Waals surface area (Å²) in [5.41, 5.74) is 11.3. The van der Waals surface area contributed by atoms with Gasteiger partial charge in [0.2, 0.25) is 5.91 Å². The Morgan fingerprint density at radius 2 is 0.898 bits per heavy atom. The Kier molecular flexibility index (Phi) is 14.9. The molecule has 7 nitrogen and oxygen atoms in total. The molecule has 0 bridgehead atoms. The number of rotatable bonds is 19. The van der Waals surface area contributed by atoms with Crippen LogP contribution in [0.2, 0.25) is 0 Å². The predicted octanol–water partition coefficient (Wildman–Crippen LogP) is 7.51. The number of nitrogens with two attached hydrogens (primary N) is 1. The topological polar surface area (TPSA) is 92.0 Å². The second-order valence-electron chi connectivity index (χ2n) is 12.9. The van der Waals surface area contributed by atoms with E-state index in [1.807, 2.05) is 121 Å². The fourth-order valence-electron chi connectivity index (χ4n) is 6.40. The van der Waals surface area contributed by atoms with Gasteiger partial charge in [-0.1, -0.05) is 154 Å². The number of benzene rings is 4. The van der Waals surface area contributed by atoms with Gasteiger partial charge in [-0.2, -0.15) is 0 Å². The molecule has 0 aromatic heterocycles. The Morgan fingerprint density at radius 3 is 1.33 bits per heavy atom. The zero-order valence-electron chi connectivity index (χ0n) is 28.7. The van der Waals surface area contributed by atoms with Crippen LogP contribution in [0.25, 0.3) is 0 Å². The van der Waals surface area contributed by atoms with Crippen molar-refractivity contribution in [3.05, 3.63) is 144 Å². The summed E-state index contributed by atoms with van der Waals surface area (Å²) in [7, 11) is 0. The van der Waals surface area contributed by atoms with Crippen molar-refractivity contribution in [2.75, 3.05) is 0 Å². The van der Waals surface area contributed by atoms with Gasteiger partial charge < -0.3 is 30.0 Å². The number of carbonyl (C=O) groups excluding carboxylic acids is 1. The Hall–Kier alpha value is -3.85. The van der Waals surface area contributed by atoms with Crippen molar-refractivity contribution < 1.29 is 23.7 Å². The third-order valence-electron chi connectivity index (χ3n) is 9.10. The molecule has 49 heavy (non-hydrogen) atoms. The largest absolute Gasteiger partial charge is 0.369 e. The average molecular weight is 665 g/mol. The van der Waals surface area contributed by atoms with Crippen LogP contribution in [0.1, 0.15) is 67.7 Å². The molecule has 4 aromatic rings. The van der Waals surface area contributed by atoms with E-state index in [0.717, 1.165) is 47.9 Å². The van der Waals surface area contributed by atoms with E-state index in [-0.39, 0.29) is 5.91 Å². The molecule has 4 aromatic carbocycles. The van der Waals surface area contributed by atoms with Crippen molar-refractivity contribution in [1.29, 1.82) is 0 Å². The van der Waals surface area contributed by atoms with E-state index in [2.05, 4.69) is 12.2 Å². The number of hydrogen-bond donors (Lipinski definition) is 2. The van der Waals surface area contributed by atoms with Crippen molar-refractivity contribution in [3.63, 3.8) is 0 Å². The summed E-state index contributed by atoms with van der Waals surface area (Å²) >= 11 is 0. The van der Waals surface area contributed by atoms with Gasteiger partial charge in [-0.25, -0.2) is 0 Å². The van der Waals surface area contributed by atoms with Crippen molar-refractivity contribution >= 4 is 5.91 Å². The summed E-state index contributed by atoms with van der Waals surface area (Å²) in [6.45, 7) is 3.53. The molecular weight excluding hydrogens is 612 g/mol. The molecule has 0 spiro atoms. The van der Waals surface area contributed by atoms with Gasteiger partial charge in [0, 0.05) is 6.42 Å². The first kappa shape index (κ1) is 36.4. The van der Waals surface area contributed by atoms with Crippen LogP contribution in [-0.2, 0) is 50.2 Å². The highest BCUT2D eigenvalue weighted by Crippen LogP contribution is 2.32. The second-order valence-corrected chi connectivity index (χ2v) is 12.9. The van der Waals surface area contributed by atoms with Crippen molar-refractivity contribution in [1.82, 2.24) is 5.32 Å². The lowest BCUT2D eigenvalue weighted by atomic mass is 9.80. The first-order valence-electron chi connectivity index (χ1n) is 17.8. The average Bonchev–Trinajstić information content (AvgIpc) is 3.15. The first-order valence-corrected chi connectivity index (χ1v) is 17.8. The standard InChI is InChI=1S/C42H52N2O5/c1-2-3-4-5-18-27-36(45)44-38-37(43)39(46-28-32-19-10-6-11-20-32)41(48-30-34-23-14-8-15-24-34)42(49-31-35-25-16-9-17-26-35)40(38)47-29-33-21-12-7-13-22-33/h6-17,19-26,37-42H,2-5,18,27-31,43H2,1H3,(H,44,45)/t37-,38+,39-,40-,41+,42+/m0/s1. The van der Waals surface area contributed by atoms with E-state index >= 15 is 0 Å². The molecule has 5 rings (SSSR count). The van der Waals surface area contributed by atoms with E-state index in [0.29, 0.717) is 32.8 Å². The molecule has 1 fully saturated rings. The minimum atomic E-state index is -0.633. The monoisotopic (exact) mass is 664 g/mol. The van der Waals surface area contributed by atoms with Crippen LogP contribution in [-0.4, -0.2) is 42.4 Å². The summed E-state index contributed by atoms with van der Waals surface area (Å²) in [6.07, 6.45) is 3.32. The maximum Gasteiger partial charge on any atom is 0.220 e. The smallest absolute Gasteiger partial charge is 0.220 e. The Bertz CT molecular complexity index is 1470. The van der Waals surface area contributed by atoms with Crippen LogP contribution < -0.4 is 11.1 Å².